The summed E-state index contributed by atoms with van der Waals surface area (Å²) >= 11 is 0. The summed E-state index contributed by atoms with van der Waals surface area (Å²) in [7, 11) is 2.22. The molecule has 2 aliphatic rings. The molecule has 0 saturated carbocycles. The molecule has 0 aromatic heterocycles. The van der Waals surface area contributed by atoms with Crippen molar-refractivity contribution in [3.8, 4) is 0 Å². The van der Waals surface area contributed by atoms with Crippen molar-refractivity contribution in [1.82, 2.24) is 9.80 Å². The Balaban J connectivity index is 2.07. The van der Waals surface area contributed by atoms with Crippen LogP contribution >= 0.6 is 0 Å². The van der Waals surface area contributed by atoms with E-state index in [1.54, 1.807) is 0 Å². The molecule has 2 rings (SSSR count). The van der Waals surface area contributed by atoms with E-state index in [0.29, 0.717) is 24.2 Å². The molecule has 4 unspecified atom stereocenters. The van der Waals surface area contributed by atoms with Crippen LogP contribution in [0.2, 0.25) is 0 Å². The van der Waals surface area contributed by atoms with Gasteiger partial charge in [0.1, 0.15) is 0 Å². The van der Waals surface area contributed by atoms with E-state index in [0.717, 1.165) is 19.5 Å². The fraction of sp³-hybridized carbons (Fsp3) is 1.00. The molecule has 2 heterocycles. The average Bonchev–Trinajstić information content (AvgIpc) is 2.23. The van der Waals surface area contributed by atoms with Gasteiger partial charge in [-0.05, 0) is 46.7 Å². The highest BCUT2D eigenvalue weighted by atomic mass is 15.3. The lowest BCUT2D eigenvalue weighted by molar-refractivity contribution is 0.0105. The van der Waals surface area contributed by atoms with Crippen molar-refractivity contribution in [2.24, 2.45) is 5.73 Å². The Labute approximate surface area is 100.0 Å². The number of piperidine rings is 2. The molecule has 4 atom stereocenters. The zero-order valence-electron chi connectivity index (χ0n) is 11.0. The lowest BCUT2D eigenvalue weighted by Crippen LogP contribution is -2.62. The molecule has 0 amide bonds. The maximum absolute atomic E-state index is 6.33. The highest BCUT2D eigenvalue weighted by molar-refractivity contribution is 4.94. The number of rotatable bonds is 1. The monoisotopic (exact) mass is 225 g/mol. The minimum Gasteiger partial charge on any atom is -0.326 e. The lowest BCUT2D eigenvalue weighted by atomic mass is 9.90. The molecule has 2 saturated heterocycles. The summed E-state index contributed by atoms with van der Waals surface area (Å²) in [5.41, 5.74) is 6.33. The van der Waals surface area contributed by atoms with Crippen LogP contribution in [0.4, 0.5) is 0 Å². The van der Waals surface area contributed by atoms with Crippen molar-refractivity contribution >= 4 is 0 Å². The summed E-state index contributed by atoms with van der Waals surface area (Å²) in [4.78, 5) is 5.13. The minimum atomic E-state index is 0.374. The van der Waals surface area contributed by atoms with E-state index in [-0.39, 0.29) is 0 Å². The van der Waals surface area contributed by atoms with Gasteiger partial charge in [-0.2, -0.15) is 0 Å². The molecule has 16 heavy (non-hydrogen) atoms. The second-order valence-corrected chi connectivity index (χ2v) is 5.86. The van der Waals surface area contributed by atoms with Gasteiger partial charge in [0.15, 0.2) is 0 Å². The van der Waals surface area contributed by atoms with Crippen LogP contribution in [0.3, 0.4) is 0 Å². The van der Waals surface area contributed by atoms with Gasteiger partial charge in [-0.3, -0.25) is 4.90 Å². The van der Waals surface area contributed by atoms with Gasteiger partial charge in [-0.25, -0.2) is 0 Å². The van der Waals surface area contributed by atoms with Gasteiger partial charge in [0, 0.05) is 30.7 Å². The summed E-state index contributed by atoms with van der Waals surface area (Å²) < 4.78 is 0. The van der Waals surface area contributed by atoms with Crippen LogP contribution in [0.1, 0.15) is 39.5 Å². The first-order valence-electron chi connectivity index (χ1n) is 6.81. The highest BCUT2D eigenvalue weighted by Gasteiger charge is 2.36. The number of hydrogen-bond acceptors (Lipinski definition) is 3. The van der Waals surface area contributed by atoms with Gasteiger partial charge < -0.3 is 10.6 Å². The predicted octanol–water partition coefficient (Wildman–Crippen LogP) is 1.28. The average molecular weight is 225 g/mol. The number of hydrogen-bond donors (Lipinski definition) is 1. The van der Waals surface area contributed by atoms with Gasteiger partial charge in [0.05, 0.1) is 0 Å². The van der Waals surface area contributed by atoms with Crippen LogP contribution in [-0.2, 0) is 0 Å². The molecule has 2 aliphatic heterocycles. The second kappa shape index (κ2) is 5.03. The van der Waals surface area contributed by atoms with Gasteiger partial charge in [0.2, 0.25) is 0 Å². The summed E-state index contributed by atoms with van der Waals surface area (Å²) in [5.74, 6) is 0. The lowest BCUT2D eigenvalue weighted by Gasteiger charge is -2.49. The van der Waals surface area contributed by atoms with Crippen LogP contribution < -0.4 is 5.73 Å². The Bertz CT molecular complexity index is 221. The van der Waals surface area contributed by atoms with E-state index in [4.69, 9.17) is 5.73 Å². The third-order valence-corrected chi connectivity index (χ3v) is 4.48. The van der Waals surface area contributed by atoms with Crippen molar-refractivity contribution in [3.05, 3.63) is 0 Å². The van der Waals surface area contributed by atoms with Gasteiger partial charge >= 0.3 is 0 Å². The summed E-state index contributed by atoms with van der Waals surface area (Å²) in [5, 5.41) is 0. The topological polar surface area (TPSA) is 32.5 Å². The van der Waals surface area contributed by atoms with Crippen molar-refractivity contribution in [2.75, 3.05) is 20.1 Å². The third-order valence-electron chi connectivity index (χ3n) is 4.48. The van der Waals surface area contributed by atoms with Crippen LogP contribution in [-0.4, -0.2) is 54.1 Å². The van der Waals surface area contributed by atoms with Crippen molar-refractivity contribution in [2.45, 2.75) is 63.7 Å². The fourth-order valence-electron chi connectivity index (χ4n) is 3.52. The maximum atomic E-state index is 6.33. The Hall–Kier alpha value is -0.120. The predicted molar refractivity (Wildman–Crippen MR) is 68.5 cm³/mol. The first-order valence-corrected chi connectivity index (χ1v) is 6.81. The third kappa shape index (κ3) is 2.41. The van der Waals surface area contributed by atoms with E-state index in [9.17, 15) is 0 Å². The largest absolute Gasteiger partial charge is 0.326 e. The van der Waals surface area contributed by atoms with Crippen LogP contribution in [0.5, 0.6) is 0 Å². The van der Waals surface area contributed by atoms with Gasteiger partial charge in [-0.1, -0.05) is 6.42 Å². The second-order valence-electron chi connectivity index (χ2n) is 5.86. The molecule has 2 N–H and O–H groups in total. The number of likely N-dealkylation sites (N-methyl/N-ethyl adjacent to an activating group) is 1. The van der Waals surface area contributed by atoms with Gasteiger partial charge in [0.25, 0.3) is 0 Å². The molecule has 0 bridgehead atoms. The maximum Gasteiger partial charge on any atom is 0.0380 e. The van der Waals surface area contributed by atoms with Crippen LogP contribution in [0.25, 0.3) is 0 Å². The Morgan fingerprint density at radius 1 is 1.06 bits per heavy atom. The molecule has 0 spiro atoms. The molecule has 0 aromatic rings. The minimum absolute atomic E-state index is 0.374. The first kappa shape index (κ1) is 12.3. The molecular formula is C13H27N3. The molecule has 3 nitrogen and oxygen atoms in total. The number of likely N-dealkylation sites (tertiary alicyclic amines) is 2. The fourth-order valence-corrected chi connectivity index (χ4v) is 3.52. The molecule has 0 aliphatic carbocycles. The van der Waals surface area contributed by atoms with Crippen LogP contribution in [0, 0.1) is 0 Å². The van der Waals surface area contributed by atoms with Crippen molar-refractivity contribution in [3.63, 3.8) is 0 Å². The molecule has 2 fully saturated rings. The van der Waals surface area contributed by atoms with Gasteiger partial charge in [-0.15, -0.1) is 0 Å². The molecular weight excluding hydrogens is 198 g/mol. The van der Waals surface area contributed by atoms with E-state index >= 15 is 0 Å². The summed E-state index contributed by atoms with van der Waals surface area (Å²) in [6.45, 7) is 7.05. The van der Waals surface area contributed by atoms with Crippen molar-refractivity contribution < 1.29 is 0 Å². The van der Waals surface area contributed by atoms with Crippen molar-refractivity contribution in [1.29, 1.82) is 0 Å². The number of nitrogens with zero attached hydrogens (tertiary/aromatic N) is 2. The highest BCUT2D eigenvalue weighted by Crippen LogP contribution is 2.28. The Kier molecular flexibility index (Phi) is 3.88. The molecule has 0 aromatic carbocycles. The van der Waals surface area contributed by atoms with E-state index < -0.39 is 0 Å². The normalized spacial score (nSPS) is 43.5. The number of nitrogens with two attached hydrogens (primary N) is 1. The van der Waals surface area contributed by atoms with Crippen LogP contribution in [0.15, 0.2) is 0 Å². The Morgan fingerprint density at radius 3 is 2.31 bits per heavy atom. The zero-order chi connectivity index (χ0) is 11.7. The van der Waals surface area contributed by atoms with E-state index in [1.165, 1.54) is 19.3 Å². The van der Waals surface area contributed by atoms with E-state index in [1.807, 2.05) is 0 Å². The standard InChI is InChI=1S/C13H27N3/c1-10-5-4-6-11(2)16(10)13-9-15(3)8-7-12(13)14/h10-13H,4-9,14H2,1-3H3. The summed E-state index contributed by atoms with van der Waals surface area (Å²) in [6.07, 6.45) is 5.22. The first-order chi connectivity index (χ1) is 7.59. The Morgan fingerprint density at radius 2 is 1.69 bits per heavy atom. The summed E-state index contributed by atoms with van der Waals surface area (Å²) in [6, 6.07) is 2.38. The SMILES string of the molecule is CC1CCCC(C)N1C1CN(C)CCC1N. The quantitative estimate of drug-likeness (QED) is 0.730. The zero-order valence-corrected chi connectivity index (χ0v) is 11.0. The molecule has 94 valence electrons. The smallest absolute Gasteiger partial charge is 0.0380 e. The molecule has 0 radical (unpaired) electrons. The van der Waals surface area contributed by atoms with E-state index in [2.05, 4.69) is 30.7 Å². The molecule has 3 heteroatoms.